The molecule has 1 aliphatic carbocycles. The highest BCUT2D eigenvalue weighted by atomic mass is 16.5. The lowest BCUT2D eigenvalue weighted by atomic mass is 9.94. The number of carbonyl (C=O) groups is 2. The molecule has 5 heteroatoms. The van der Waals surface area contributed by atoms with E-state index in [-0.39, 0.29) is 17.8 Å². The number of carbonyl (C=O) groups excluding carboxylic acids is 2. The van der Waals surface area contributed by atoms with Crippen molar-refractivity contribution in [3.8, 4) is 0 Å². The van der Waals surface area contributed by atoms with Gasteiger partial charge in [0.2, 0.25) is 0 Å². The van der Waals surface area contributed by atoms with Crippen LogP contribution in [0.4, 0.5) is 0 Å². The van der Waals surface area contributed by atoms with Gasteiger partial charge < -0.3 is 9.64 Å². The first kappa shape index (κ1) is 14.0. The van der Waals surface area contributed by atoms with E-state index in [9.17, 15) is 9.59 Å². The summed E-state index contributed by atoms with van der Waals surface area (Å²) in [6.07, 6.45) is 4.81. The molecule has 1 aliphatic heterocycles. The minimum Gasteiger partial charge on any atom is -0.467 e. The van der Waals surface area contributed by atoms with Crippen LogP contribution in [0.2, 0.25) is 0 Å². The molecule has 1 aromatic rings. The lowest BCUT2D eigenvalue weighted by Crippen LogP contribution is -2.44. The Labute approximate surface area is 124 Å². The number of likely N-dealkylation sites (tertiary alicyclic amines) is 1. The summed E-state index contributed by atoms with van der Waals surface area (Å²) in [5.41, 5.74) is 1.41. The SMILES string of the molecule is COC(=O)[C@@H]1[C@H]2CCC[C@@H]2CN1C(=O)c1ccc(C)nc1. The quantitative estimate of drug-likeness (QED) is 0.779. The molecule has 2 heterocycles. The average Bonchev–Trinajstić information content (AvgIpc) is 3.06. The van der Waals surface area contributed by atoms with Crippen molar-refractivity contribution in [1.29, 1.82) is 0 Å². The first-order chi connectivity index (χ1) is 10.1. The van der Waals surface area contributed by atoms with Crippen LogP contribution in [0.3, 0.4) is 0 Å². The number of amides is 1. The molecule has 2 aliphatic rings. The molecule has 3 atom stereocenters. The predicted octanol–water partition coefficient (Wildman–Crippen LogP) is 1.80. The number of aromatic nitrogens is 1. The summed E-state index contributed by atoms with van der Waals surface area (Å²) < 4.78 is 4.93. The maximum absolute atomic E-state index is 12.7. The molecule has 0 spiro atoms. The van der Waals surface area contributed by atoms with Crippen LogP contribution < -0.4 is 0 Å². The number of esters is 1. The van der Waals surface area contributed by atoms with Crippen LogP contribution in [0.25, 0.3) is 0 Å². The summed E-state index contributed by atoms with van der Waals surface area (Å²) in [5, 5.41) is 0. The highest BCUT2D eigenvalue weighted by molar-refractivity contribution is 5.97. The Bertz CT molecular complexity index is 555. The van der Waals surface area contributed by atoms with Crippen LogP contribution in [-0.4, -0.2) is 41.5 Å². The van der Waals surface area contributed by atoms with Gasteiger partial charge in [0.05, 0.1) is 12.7 Å². The van der Waals surface area contributed by atoms with Gasteiger partial charge in [0.15, 0.2) is 0 Å². The second kappa shape index (κ2) is 5.47. The molecule has 0 aromatic carbocycles. The molecule has 0 radical (unpaired) electrons. The van der Waals surface area contributed by atoms with Gasteiger partial charge in [-0.1, -0.05) is 6.42 Å². The van der Waals surface area contributed by atoms with Crippen LogP contribution in [0.15, 0.2) is 18.3 Å². The van der Waals surface area contributed by atoms with Gasteiger partial charge in [-0.05, 0) is 43.7 Å². The fraction of sp³-hybridized carbons (Fsp3) is 0.562. The summed E-state index contributed by atoms with van der Waals surface area (Å²) >= 11 is 0. The lowest BCUT2D eigenvalue weighted by Gasteiger charge is -2.25. The maximum Gasteiger partial charge on any atom is 0.328 e. The number of rotatable bonds is 2. The highest BCUT2D eigenvalue weighted by Gasteiger charge is 2.50. The molecule has 1 aromatic heterocycles. The summed E-state index contributed by atoms with van der Waals surface area (Å²) in [7, 11) is 1.39. The van der Waals surface area contributed by atoms with E-state index in [2.05, 4.69) is 4.98 Å². The molecule has 0 N–H and O–H groups in total. The van der Waals surface area contributed by atoms with Gasteiger partial charge in [-0.25, -0.2) is 4.79 Å². The van der Waals surface area contributed by atoms with Crippen molar-refractivity contribution >= 4 is 11.9 Å². The minimum atomic E-state index is -0.434. The number of hydrogen-bond donors (Lipinski definition) is 0. The van der Waals surface area contributed by atoms with Crippen molar-refractivity contribution in [2.45, 2.75) is 32.2 Å². The molecule has 3 rings (SSSR count). The second-order valence-electron chi connectivity index (χ2n) is 5.97. The number of nitrogens with zero attached hydrogens (tertiary/aromatic N) is 2. The topological polar surface area (TPSA) is 59.5 Å². The van der Waals surface area contributed by atoms with Gasteiger partial charge in [0.25, 0.3) is 5.91 Å². The number of methoxy groups -OCH3 is 1. The van der Waals surface area contributed by atoms with Crippen LogP contribution >= 0.6 is 0 Å². The van der Waals surface area contributed by atoms with Crippen molar-refractivity contribution < 1.29 is 14.3 Å². The Kier molecular flexibility index (Phi) is 3.66. The average molecular weight is 288 g/mol. The fourth-order valence-corrected chi connectivity index (χ4v) is 3.70. The van der Waals surface area contributed by atoms with Crippen LogP contribution in [0, 0.1) is 18.8 Å². The van der Waals surface area contributed by atoms with Crippen LogP contribution in [0.1, 0.15) is 35.3 Å². The van der Waals surface area contributed by atoms with Crippen molar-refractivity contribution in [2.75, 3.05) is 13.7 Å². The molecule has 0 unspecified atom stereocenters. The fourth-order valence-electron chi connectivity index (χ4n) is 3.70. The largest absolute Gasteiger partial charge is 0.467 e. The van der Waals surface area contributed by atoms with E-state index in [1.165, 1.54) is 7.11 Å². The first-order valence-corrected chi connectivity index (χ1v) is 7.43. The Balaban J connectivity index is 1.87. The van der Waals surface area contributed by atoms with Crippen molar-refractivity contribution in [3.05, 3.63) is 29.6 Å². The van der Waals surface area contributed by atoms with Crippen LogP contribution in [0.5, 0.6) is 0 Å². The summed E-state index contributed by atoms with van der Waals surface area (Å²) in [5.74, 6) is 0.265. The Morgan fingerprint density at radius 2 is 2.14 bits per heavy atom. The Morgan fingerprint density at radius 3 is 2.81 bits per heavy atom. The number of ether oxygens (including phenoxy) is 1. The summed E-state index contributed by atoms with van der Waals surface area (Å²) in [6, 6.07) is 3.15. The standard InChI is InChI=1S/C16H20N2O3/c1-10-6-7-11(8-17-10)15(19)18-9-12-4-3-5-13(12)14(18)16(20)21-2/h6-8,12-14H,3-5,9H2,1-2H3/t12-,13+,14+/m1/s1. The molecule has 21 heavy (non-hydrogen) atoms. The lowest BCUT2D eigenvalue weighted by molar-refractivity contribution is -0.146. The zero-order valence-electron chi connectivity index (χ0n) is 12.4. The van der Waals surface area contributed by atoms with Gasteiger partial charge in [0, 0.05) is 18.4 Å². The molecular weight excluding hydrogens is 268 g/mol. The van der Waals surface area contributed by atoms with Crippen LogP contribution in [-0.2, 0) is 9.53 Å². The molecule has 5 nitrogen and oxygen atoms in total. The number of aryl methyl sites for hydroxylation is 1. The van der Waals surface area contributed by atoms with Gasteiger partial charge >= 0.3 is 5.97 Å². The minimum absolute atomic E-state index is 0.118. The molecule has 112 valence electrons. The van der Waals surface area contributed by atoms with E-state index >= 15 is 0 Å². The Morgan fingerprint density at radius 1 is 1.33 bits per heavy atom. The molecule has 1 amide bonds. The van der Waals surface area contributed by atoms with Gasteiger partial charge in [0.1, 0.15) is 6.04 Å². The smallest absolute Gasteiger partial charge is 0.328 e. The number of hydrogen-bond acceptors (Lipinski definition) is 4. The van der Waals surface area contributed by atoms with Crippen molar-refractivity contribution in [2.24, 2.45) is 11.8 Å². The zero-order valence-corrected chi connectivity index (χ0v) is 12.4. The number of pyridine rings is 1. The zero-order chi connectivity index (χ0) is 15.0. The molecule has 2 fully saturated rings. The monoisotopic (exact) mass is 288 g/mol. The summed E-state index contributed by atoms with van der Waals surface area (Å²) in [4.78, 5) is 30.7. The van der Waals surface area contributed by atoms with Gasteiger partial charge in [-0.2, -0.15) is 0 Å². The maximum atomic E-state index is 12.7. The van der Waals surface area contributed by atoms with Gasteiger partial charge in [-0.15, -0.1) is 0 Å². The van der Waals surface area contributed by atoms with E-state index in [1.807, 2.05) is 13.0 Å². The van der Waals surface area contributed by atoms with E-state index in [4.69, 9.17) is 4.74 Å². The normalized spacial score (nSPS) is 27.5. The molecule has 1 saturated heterocycles. The third-order valence-corrected chi connectivity index (χ3v) is 4.75. The van der Waals surface area contributed by atoms with E-state index in [1.54, 1.807) is 17.2 Å². The highest BCUT2D eigenvalue weighted by Crippen LogP contribution is 2.43. The van der Waals surface area contributed by atoms with Gasteiger partial charge in [-0.3, -0.25) is 9.78 Å². The van der Waals surface area contributed by atoms with Crippen molar-refractivity contribution in [1.82, 2.24) is 9.88 Å². The first-order valence-electron chi connectivity index (χ1n) is 7.43. The van der Waals surface area contributed by atoms with E-state index < -0.39 is 6.04 Å². The molecule has 1 saturated carbocycles. The number of fused-ring (bicyclic) bond motifs is 1. The third kappa shape index (κ3) is 2.41. The predicted molar refractivity (Wildman–Crippen MR) is 76.6 cm³/mol. The molecular formula is C16H20N2O3. The second-order valence-corrected chi connectivity index (χ2v) is 5.97. The summed E-state index contributed by atoms with van der Waals surface area (Å²) in [6.45, 7) is 2.53. The Hall–Kier alpha value is -1.91. The van der Waals surface area contributed by atoms with Crippen molar-refractivity contribution in [3.63, 3.8) is 0 Å². The third-order valence-electron chi connectivity index (χ3n) is 4.75. The van der Waals surface area contributed by atoms with E-state index in [0.29, 0.717) is 18.0 Å². The molecule has 0 bridgehead atoms. The van der Waals surface area contributed by atoms with E-state index in [0.717, 1.165) is 25.0 Å².